The summed E-state index contributed by atoms with van der Waals surface area (Å²) in [6.45, 7) is 0.666. The molecule has 2 aromatic carbocycles. The van der Waals surface area contributed by atoms with E-state index in [1.807, 2.05) is 30.3 Å². The second kappa shape index (κ2) is 8.80. The van der Waals surface area contributed by atoms with Crippen molar-refractivity contribution in [1.29, 1.82) is 5.26 Å². The zero-order chi connectivity index (χ0) is 17.4. The summed E-state index contributed by atoms with van der Waals surface area (Å²) >= 11 is 5.96. The number of nitrogens with one attached hydrogen (secondary N) is 1. The molecular weight excluding hydrogens is 328 g/mol. The number of nitrogens with zero attached hydrogens (tertiary/aromatic N) is 1. The van der Waals surface area contributed by atoms with Gasteiger partial charge >= 0.3 is 0 Å². The van der Waals surface area contributed by atoms with Crippen molar-refractivity contribution in [2.45, 2.75) is 19.6 Å². The van der Waals surface area contributed by atoms with E-state index in [-0.39, 0.29) is 12.3 Å². The van der Waals surface area contributed by atoms with Crippen LogP contribution in [0.2, 0.25) is 5.02 Å². The quantitative estimate of drug-likeness (QED) is 0.835. The van der Waals surface area contributed by atoms with E-state index in [2.05, 4.69) is 5.32 Å². The van der Waals surface area contributed by atoms with E-state index in [1.165, 1.54) is 0 Å². The molecule has 5 nitrogen and oxygen atoms in total. The number of rotatable bonds is 7. The van der Waals surface area contributed by atoms with Gasteiger partial charge in [-0.3, -0.25) is 4.79 Å². The van der Waals surface area contributed by atoms with Gasteiger partial charge in [0.25, 0.3) is 0 Å². The Morgan fingerprint density at radius 3 is 2.75 bits per heavy atom. The van der Waals surface area contributed by atoms with Crippen molar-refractivity contribution in [3.05, 3.63) is 58.6 Å². The first-order valence-corrected chi connectivity index (χ1v) is 7.68. The maximum absolute atomic E-state index is 11.4. The van der Waals surface area contributed by atoms with Gasteiger partial charge in [-0.1, -0.05) is 29.8 Å². The van der Waals surface area contributed by atoms with Crippen molar-refractivity contribution in [2.24, 2.45) is 0 Å². The maximum atomic E-state index is 11.4. The topological polar surface area (TPSA) is 71.3 Å². The summed E-state index contributed by atoms with van der Waals surface area (Å²) in [7, 11) is 1.57. The lowest BCUT2D eigenvalue weighted by Crippen LogP contribution is -2.21. The average Bonchev–Trinajstić information content (AvgIpc) is 2.58. The molecule has 0 heterocycles. The number of ether oxygens (including phenoxy) is 2. The molecule has 0 saturated carbocycles. The summed E-state index contributed by atoms with van der Waals surface area (Å²) in [5, 5.41) is 11.8. The Morgan fingerprint density at radius 2 is 2.04 bits per heavy atom. The minimum Gasteiger partial charge on any atom is -0.493 e. The van der Waals surface area contributed by atoms with Crippen LogP contribution in [-0.4, -0.2) is 13.0 Å². The van der Waals surface area contributed by atoms with Crippen molar-refractivity contribution < 1.29 is 14.3 Å². The first-order valence-electron chi connectivity index (χ1n) is 7.30. The first-order chi connectivity index (χ1) is 11.6. The third kappa shape index (κ3) is 5.18. The summed E-state index contributed by atoms with van der Waals surface area (Å²) in [6, 6.07) is 14.6. The van der Waals surface area contributed by atoms with Crippen LogP contribution in [0.4, 0.5) is 0 Å². The van der Waals surface area contributed by atoms with Gasteiger partial charge in [0.05, 0.1) is 13.2 Å². The fourth-order valence-electron chi connectivity index (χ4n) is 2.07. The molecule has 0 atom stereocenters. The van der Waals surface area contributed by atoms with Crippen LogP contribution in [0.1, 0.15) is 17.5 Å². The van der Waals surface area contributed by atoms with Gasteiger partial charge in [-0.25, -0.2) is 0 Å². The molecule has 0 unspecified atom stereocenters. The monoisotopic (exact) mass is 344 g/mol. The molecule has 0 aliphatic rings. The molecular formula is C18H17ClN2O3. The van der Waals surface area contributed by atoms with Crippen molar-refractivity contribution >= 4 is 17.5 Å². The summed E-state index contributed by atoms with van der Waals surface area (Å²) < 4.78 is 11.1. The molecule has 0 spiro atoms. The number of hydrogen-bond acceptors (Lipinski definition) is 4. The molecule has 124 valence electrons. The number of amides is 1. The van der Waals surface area contributed by atoms with Crippen LogP contribution in [0.15, 0.2) is 42.5 Å². The molecule has 0 bridgehead atoms. The number of methoxy groups -OCH3 is 1. The zero-order valence-electron chi connectivity index (χ0n) is 13.2. The molecule has 24 heavy (non-hydrogen) atoms. The second-order valence-electron chi connectivity index (χ2n) is 5.02. The van der Waals surface area contributed by atoms with Crippen LogP contribution in [0.3, 0.4) is 0 Å². The van der Waals surface area contributed by atoms with Gasteiger partial charge in [0.2, 0.25) is 5.91 Å². The van der Waals surface area contributed by atoms with Crippen LogP contribution in [0.5, 0.6) is 11.5 Å². The van der Waals surface area contributed by atoms with Crippen LogP contribution in [-0.2, 0) is 17.9 Å². The van der Waals surface area contributed by atoms with E-state index in [4.69, 9.17) is 26.3 Å². The molecule has 6 heteroatoms. The number of carbonyl (C=O) groups excluding carboxylic acids is 1. The van der Waals surface area contributed by atoms with Gasteiger partial charge in [-0.15, -0.1) is 0 Å². The van der Waals surface area contributed by atoms with Crippen LogP contribution in [0.25, 0.3) is 0 Å². The van der Waals surface area contributed by atoms with Crippen molar-refractivity contribution in [3.63, 3.8) is 0 Å². The number of halogens is 1. The van der Waals surface area contributed by atoms with Crippen molar-refractivity contribution in [2.75, 3.05) is 7.11 Å². The highest BCUT2D eigenvalue weighted by atomic mass is 35.5. The van der Waals surface area contributed by atoms with E-state index in [9.17, 15) is 4.79 Å². The molecule has 0 fully saturated rings. The SMILES string of the molecule is COc1ccc(CNC(=O)CC#N)cc1OCc1cccc(Cl)c1. The molecule has 2 rings (SSSR count). The molecule has 0 aliphatic heterocycles. The Balaban J connectivity index is 2.05. The Morgan fingerprint density at radius 1 is 1.21 bits per heavy atom. The molecule has 0 radical (unpaired) electrons. The van der Waals surface area contributed by atoms with E-state index in [0.29, 0.717) is 29.7 Å². The third-order valence-corrected chi connectivity index (χ3v) is 3.48. The number of carbonyl (C=O) groups is 1. The number of hydrogen-bond donors (Lipinski definition) is 1. The van der Waals surface area contributed by atoms with Crippen LogP contribution < -0.4 is 14.8 Å². The predicted molar refractivity (Wildman–Crippen MR) is 90.9 cm³/mol. The standard InChI is InChI=1S/C18H17ClN2O3/c1-23-16-6-5-13(11-21-18(22)7-8-20)10-17(16)24-12-14-3-2-4-15(19)9-14/h2-6,9-10H,7,11-12H2,1H3,(H,21,22). The van der Waals surface area contributed by atoms with Gasteiger partial charge in [-0.05, 0) is 35.4 Å². The second-order valence-corrected chi connectivity index (χ2v) is 5.45. The highest BCUT2D eigenvalue weighted by Gasteiger charge is 2.08. The fourth-order valence-corrected chi connectivity index (χ4v) is 2.28. The maximum Gasteiger partial charge on any atom is 0.234 e. The highest BCUT2D eigenvalue weighted by Crippen LogP contribution is 2.29. The Hall–Kier alpha value is -2.71. The van der Waals surface area contributed by atoms with E-state index in [1.54, 1.807) is 25.3 Å². The fraction of sp³-hybridized carbons (Fsp3) is 0.222. The highest BCUT2D eigenvalue weighted by molar-refractivity contribution is 6.30. The lowest BCUT2D eigenvalue weighted by atomic mass is 10.2. The van der Waals surface area contributed by atoms with Crippen molar-refractivity contribution in [1.82, 2.24) is 5.32 Å². The Kier molecular flexibility index (Phi) is 6.47. The summed E-state index contributed by atoms with van der Waals surface area (Å²) in [6.07, 6.45) is -0.158. The smallest absolute Gasteiger partial charge is 0.234 e. The zero-order valence-corrected chi connectivity index (χ0v) is 14.0. The van der Waals surface area contributed by atoms with Gasteiger partial charge in [0, 0.05) is 11.6 Å². The van der Waals surface area contributed by atoms with Gasteiger partial charge in [0.15, 0.2) is 11.5 Å². The van der Waals surface area contributed by atoms with Crippen LogP contribution >= 0.6 is 11.6 Å². The lowest BCUT2D eigenvalue weighted by Gasteiger charge is -2.13. The van der Waals surface area contributed by atoms with E-state index < -0.39 is 0 Å². The van der Waals surface area contributed by atoms with Crippen LogP contribution in [0, 0.1) is 11.3 Å². The largest absolute Gasteiger partial charge is 0.493 e. The van der Waals surface area contributed by atoms with E-state index >= 15 is 0 Å². The first kappa shape index (κ1) is 17.6. The molecule has 0 aliphatic carbocycles. The van der Waals surface area contributed by atoms with E-state index in [0.717, 1.165) is 11.1 Å². The van der Waals surface area contributed by atoms with Gasteiger partial charge in [-0.2, -0.15) is 5.26 Å². The predicted octanol–water partition coefficient (Wildman–Crippen LogP) is 3.46. The van der Waals surface area contributed by atoms with Gasteiger partial charge in [0.1, 0.15) is 13.0 Å². The average molecular weight is 345 g/mol. The summed E-state index contributed by atoms with van der Waals surface area (Å²) in [4.78, 5) is 11.4. The molecule has 1 N–H and O–H groups in total. The molecule has 2 aromatic rings. The number of benzene rings is 2. The Labute approximate surface area is 145 Å². The molecule has 0 aromatic heterocycles. The Bertz CT molecular complexity index is 756. The normalized spacial score (nSPS) is 9.88. The van der Waals surface area contributed by atoms with Crippen molar-refractivity contribution in [3.8, 4) is 17.6 Å². The summed E-state index contributed by atoms with van der Waals surface area (Å²) in [5.74, 6) is 0.864. The van der Waals surface area contributed by atoms with Gasteiger partial charge < -0.3 is 14.8 Å². The lowest BCUT2D eigenvalue weighted by molar-refractivity contribution is -0.120. The minimum absolute atomic E-state index is 0.158. The minimum atomic E-state index is -0.310. The summed E-state index contributed by atoms with van der Waals surface area (Å²) in [5.41, 5.74) is 1.79. The molecule has 0 saturated heterocycles. The number of nitriles is 1. The third-order valence-electron chi connectivity index (χ3n) is 3.24. The molecule has 1 amide bonds.